The van der Waals surface area contributed by atoms with Crippen molar-refractivity contribution in [3.05, 3.63) is 65.0 Å². The Morgan fingerprint density at radius 1 is 1.06 bits per heavy atom. The summed E-state index contributed by atoms with van der Waals surface area (Å²) in [6.07, 6.45) is 0. The van der Waals surface area contributed by atoms with E-state index in [9.17, 15) is 14.4 Å². The summed E-state index contributed by atoms with van der Waals surface area (Å²) in [5.41, 5.74) is -0.661. The number of ketones is 1. The molecular weight excluding hydrogens is 412 g/mol. The van der Waals surface area contributed by atoms with Crippen molar-refractivity contribution < 1.29 is 19.1 Å². The third-order valence-corrected chi connectivity index (χ3v) is 6.57. The Hall–Kier alpha value is -3.19. The Morgan fingerprint density at radius 2 is 1.77 bits per heavy atom. The highest BCUT2D eigenvalue weighted by atomic mass is 32.1. The van der Waals surface area contributed by atoms with Crippen LogP contribution >= 0.6 is 11.3 Å². The molecule has 1 atom stereocenters. The first-order valence-corrected chi connectivity index (χ1v) is 10.8. The van der Waals surface area contributed by atoms with Gasteiger partial charge in [0.1, 0.15) is 11.3 Å². The fourth-order valence-corrected chi connectivity index (χ4v) is 4.13. The van der Waals surface area contributed by atoms with Crippen LogP contribution in [0.25, 0.3) is 10.1 Å². The van der Waals surface area contributed by atoms with Crippen molar-refractivity contribution in [2.24, 2.45) is 5.92 Å². The van der Waals surface area contributed by atoms with E-state index in [1.165, 1.54) is 11.3 Å². The standard InChI is InChI=1S/C24H26N2O4S/c1-15(2)24(3,23(29)25-14-18(27)16-9-6-5-7-10-16)26-22(28)21-13-17-19(30-4)11-8-12-20(17)31-21/h5-13,15H,14H2,1-4H3,(H,25,29)(H,26,28)/t24-/m0/s1. The van der Waals surface area contributed by atoms with Crippen LogP contribution in [0.4, 0.5) is 0 Å². The van der Waals surface area contributed by atoms with Gasteiger partial charge in [0.25, 0.3) is 5.91 Å². The average molecular weight is 439 g/mol. The van der Waals surface area contributed by atoms with Gasteiger partial charge >= 0.3 is 0 Å². The fourth-order valence-electron chi connectivity index (χ4n) is 3.16. The third kappa shape index (κ3) is 4.77. The second kappa shape index (κ2) is 9.31. The molecule has 1 aromatic heterocycles. The third-order valence-electron chi connectivity index (χ3n) is 5.47. The first-order valence-electron chi connectivity index (χ1n) is 10.0. The second-order valence-electron chi connectivity index (χ2n) is 7.77. The largest absolute Gasteiger partial charge is 0.496 e. The van der Waals surface area contributed by atoms with Crippen LogP contribution in [0, 0.1) is 5.92 Å². The monoisotopic (exact) mass is 438 g/mol. The summed E-state index contributed by atoms with van der Waals surface area (Å²) in [5, 5.41) is 6.41. The van der Waals surface area contributed by atoms with Gasteiger partial charge in [0.2, 0.25) is 5.91 Å². The van der Waals surface area contributed by atoms with Gasteiger partial charge in [-0.15, -0.1) is 11.3 Å². The molecule has 2 N–H and O–H groups in total. The van der Waals surface area contributed by atoms with E-state index in [1.54, 1.807) is 44.4 Å². The van der Waals surface area contributed by atoms with Gasteiger partial charge in [-0.25, -0.2) is 0 Å². The maximum absolute atomic E-state index is 13.0. The number of rotatable bonds is 8. The summed E-state index contributed by atoms with van der Waals surface area (Å²) in [4.78, 5) is 38.8. The maximum Gasteiger partial charge on any atom is 0.262 e. The number of Topliss-reactive ketones (excluding diaryl/α,β-unsaturated/α-hetero) is 1. The number of amides is 2. The molecular formula is C24H26N2O4S. The summed E-state index contributed by atoms with van der Waals surface area (Å²) in [7, 11) is 1.59. The molecule has 0 saturated heterocycles. The Labute approximate surface area is 185 Å². The first kappa shape index (κ1) is 22.5. The van der Waals surface area contributed by atoms with Gasteiger partial charge in [-0.05, 0) is 31.0 Å². The van der Waals surface area contributed by atoms with Gasteiger partial charge in [-0.2, -0.15) is 0 Å². The molecule has 31 heavy (non-hydrogen) atoms. The number of carbonyl (C=O) groups is 3. The lowest BCUT2D eigenvalue weighted by molar-refractivity contribution is -0.128. The minimum atomic E-state index is -1.19. The molecule has 7 heteroatoms. The number of thiophene rings is 1. The van der Waals surface area contributed by atoms with E-state index in [0.717, 1.165) is 10.1 Å². The molecule has 0 aliphatic rings. The van der Waals surface area contributed by atoms with E-state index < -0.39 is 11.4 Å². The molecule has 0 aliphatic carbocycles. The summed E-state index contributed by atoms with van der Waals surface area (Å²) >= 11 is 1.34. The van der Waals surface area contributed by atoms with Crippen LogP contribution in [0.2, 0.25) is 0 Å². The SMILES string of the molecule is COc1cccc2sc(C(=O)N[C@](C)(C(=O)NCC(=O)c3ccccc3)C(C)C)cc12. The normalized spacial score (nSPS) is 12.9. The van der Waals surface area contributed by atoms with Crippen molar-refractivity contribution in [1.82, 2.24) is 10.6 Å². The van der Waals surface area contributed by atoms with Crippen LogP contribution in [0.15, 0.2) is 54.6 Å². The van der Waals surface area contributed by atoms with E-state index in [-0.39, 0.29) is 24.2 Å². The molecule has 3 rings (SSSR count). The highest BCUT2D eigenvalue weighted by molar-refractivity contribution is 7.20. The number of benzene rings is 2. The maximum atomic E-state index is 13.0. The van der Waals surface area contributed by atoms with Crippen LogP contribution in [0.3, 0.4) is 0 Å². The quantitative estimate of drug-likeness (QED) is 0.520. The van der Waals surface area contributed by atoms with Crippen LogP contribution in [-0.2, 0) is 4.79 Å². The summed E-state index contributed by atoms with van der Waals surface area (Å²) < 4.78 is 6.29. The smallest absolute Gasteiger partial charge is 0.262 e. The van der Waals surface area contributed by atoms with Gasteiger partial charge in [-0.3, -0.25) is 14.4 Å². The number of fused-ring (bicyclic) bond motifs is 1. The number of hydrogen-bond acceptors (Lipinski definition) is 5. The Balaban J connectivity index is 1.75. The van der Waals surface area contributed by atoms with Crippen LogP contribution in [0.1, 0.15) is 40.8 Å². The molecule has 2 aromatic carbocycles. The molecule has 0 bridgehead atoms. The topological polar surface area (TPSA) is 84.5 Å². The Kier molecular flexibility index (Phi) is 6.75. The summed E-state index contributed by atoms with van der Waals surface area (Å²) in [6.45, 7) is 5.24. The molecule has 0 unspecified atom stereocenters. The lowest BCUT2D eigenvalue weighted by atomic mass is 9.87. The molecule has 0 radical (unpaired) electrons. The Morgan fingerprint density at radius 3 is 2.42 bits per heavy atom. The minimum absolute atomic E-state index is 0.138. The van der Waals surface area contributed by atoms with Crippen LogP contribution in [-0.4, -0.2) is 36.8 Å². The van der Waals surface area contributed by atoms with Gasteiger partial charge in [-0.1, -0.05) is 50.2 Å². The van der Waals surface area contributed by atoms with E-state index in [1.807, 2.05) is 38.1 Å². The van der Waals surface area contributed by atoms with Crippen molar-refractivity contribution in [1.29, 1.82) is 0 Å². The molecule has 0 fully saturated rings. The molecule has 2 amide bonds. The molecule has 6 nitrogen and oxygen atoms in total. The predicted molar refractivity (Wildman–Crippen MR) is 123 cm³/mol. The molecule has 162 valence electrons. The van der Waals surface area contributed by atoms with Crippen LogP contribution in [0.5, 0.6) is 5.75 Å². The lowest BCUT2D eigenvalue weighted by Gasteiger charge is -2.33. The zero-order valence-electron chi connectivity index (χ0n) is 18.0. The van der Waals surface area contributed by atoms with Crippen molar-refractivity contribution in [2.45, 2.75) is 26.3 Å². The average Bonchev–Trinajstić information content (AvgIpc) is 3.22. The Bertz CT molecular complexity index is 1110. The zero-order chi connectivity index (χ0) is 22.6. The predicted octanol–water partition coefficient (Wildman–Crippen LogP) is 4.05. The highest BCUT2D eigenvalue weighted by Gasteiger charge is 2.38. The van der Waals surface area contributed by atoms with E-state index >= 15 is 0 Å². The first-order chi connectivity index (χ1) is 14.8. The second-order valence-corrected chi connectivity index (χ2v) is 8.85. The number of methoxy groups -OCH3 is 1. The lowest BCUT2D eigenvalue weighted by Crippen LogP contribution is -2.60. The van der Waals surface area contributed by atoms with Crippen molar-refractivity contribution in [3.63, 3.8) is 0 Å². The zero-order valence-corrected chi connectivity index (χ0v) is 18.8. The number of hydrogen-bond donors (Lipinski definition) is 2. The van der Waals surface area contributed by atoms with Gasteiger partial charge in [0, 0.05) is 15.6 Å². The highest BCUT2D eigenvalue weighted by Crippen LogP contribution is 2.33. The molecule has 0 aliphatic heterocycles. The molecule has 3 aromatic rings. The molecule has 0 spiro atoms. The summed E-state index contributed by atoms with van der Waals surface area (Å²) in [5.74, 6) is -0.449. The number of ether oxygens (including phenoxy) is 1. The van der Waals surface area contributed by atoms with Crippen molar-refractivity contribution in [3.8, 4) is 5.75 Å². The number of carbonyl (C=O) groups excluding carboxylic acids is 3. The summed E-state index contributed by atoms with van der Waals surface area (Å²) in [6, 6.07) is 16.2. The van der Waals surface area contributed by atoms with Gasteiger partial charge in [0.05, 0.1) is 18.5 Å². The number of nitrogens with one attached hydrogen (secondary N) is 2. The van der Waals surface area contributed by atoms with Crippen molar-refractivity contribution in [2.75, 3.05) is 13.7 Å². The van der Waals surface area contributed by atoms with E-state index in [4.69, 9.17) is 4.74 Å². The van der Waals surface area contributed by atoms with Crippen molar-refractivity contribution >= 4 is 39.0 Å². The van der Waals surface area contributed by atoms with E-state index in [2.05, 4.69) is 10.6 Å². The minimum Gasteiger partial charge on any atom is -0.496 e. The van der Waals surface area contributed by atoms with Gasteiger partial charge in [0.15, 0.2) is 5.78 Å². The fraction of sp³-hybridized carbons (Fsp3) is 0.292. The van der Waals surface area contributed by atoms with Gasteiger partial charge < -0.3 is 15.4 Å². The van der Waals surface area contributed by atoms with E-state index in [0.29, 0.717) is 16.2 Å². The molecule has 1 heterocycles. The van der Waals surface area contributed by atoms with Crippen LogP contribution < -0.4 is 15.4 Å². The molecule has 0 saturated carbocycles.